The van der Waals surface area contributed by atoms with Gasteiger partial charge >= 0.3 is 0 Å². The van der Waals surface area contributed by atoms with E-state index in [1.807, 2.05) is 18.7 Å². The number of aryl methyl sites for hydroxylation is 2. The highest BCUT2D eigenvalue weighted by Gasteiger charge is 2.34. The van der Waals surface area contributed by atoms with Crippen molar-refractivity contribution in [2.24, 2.45) is 0 Å². The van der Waals surface area contributed by atoms with E-state index in [0.29, 0.717) is 30.8 Å². The molecule has 1 heterocycles. The van der Waals surface area contributed by atoms with Crippen LogP contribution >= 0.6 is 0 Å². The van der Waals surface area contributed by atoms with Crippen LogP contribution in [0.4, 0.5) is 0 Å². The SMILES string of the molecule is CCCCNC(=O)CCN(C(=O)c1cc(C)oc1C)C1CC1. The van der Waals surface area contributed by atoms with Gasteiger partial charge in [-0.25, -0.2) is 0 Å². The van der Waals surface area contributed by atoms with Crippen LogP contribution in [0.1, 0.15) is 60.9 Å². The van der Waals surface area contributed by atoms with Crippen LogP contribution in [0.2, 0.25) is 0 Å². The van der Waals surface area contributed by atoms with Gasteiger partial charge in [0.1, 0.15) is 11.5 Å². The van der Waals surface area contributed by atoms with E-state index in [2.05, 4.69) is 12.2 Å². The van der Waals surface area contributed by atoms with Gasteiger partial charge in [0.25, 0.3) is 5.91 Å². The minimum Gasteiger partial charge on any atom is -0.466 e. The molecule has 0 spiro atoms. The fourth-order valence-corrected chi connectivity index (χ4v) is 2.55. The first-order chi connectivity index (χ1) is 10.5. The Kier molecular flexibility index (Phi) is 5.63. The summed E-state index contributed by atoms with van der Waals surface area (Å²) in [5, 5.41) is 2.90. The molecule has 122 valence electrons. The fourth-order valence-electron chi connectivity index (χ4n) is 2.55. The molecule has 0 unspecified atom stereocenters. The van der Waals surface area contributed by atoms with Crippen LogP contribution in [-0.2, 0) is 4.79 Å². The number of carbonyl (C=O) groups excluding carboxylic acids is 2. The molecule has 1 N–H and O–H groups in total. The summed E-state index contributed by atoms with van der Waals surface area (Å²) in [5.41, 5.74) is 0.621. The molecule has 1 aliphatic rings. The Hall–Kier alpha value is -1.78. The second kappa shape index (κ2) is 7.47. The summed E-state index contributed by atoms with van der Waals surface area (Å²) in [4.78, 5) is 26.3. The quantitative estimate of drug-likeness (QED) is 0.751. The first kappa shape index (κ1) is 16.6. The molecule has 5 heteroatoms. The van der Waals surface area contributed by atoms with Crippen LogP contribution in [-0.4, -0.2) is 35.8 Å². The van der Waals surface area contributed by atoms with E-state index in [1.165, 1.54) is 0 Å². The Morgan fingerprint density at radius 2 is 2.09 bits per heavy atom. The van der Waals surface area contributed by atoms with Crippen LogP contribution in [0.15, 0.2) is 10.5 Å². The minimum absolute atomic E-state index is 0.0155. The molecule has 5 nitrogen and oxygen atoms in total. The molecular weight excluding hydrogens is 280 g/mol. The number of nitrogens with zero attached hydrogens (tertiary/aromatic N) is 1. The van der Waals surface area contributed by atoms with Crippen molar-refractivity contribution in [2.75, 3.05) is 13.1 Å². The lowest BCUT2D eigenvalue weighted by molar-refractivity contribution is -0.121. The summed E-state index contributed by atoms with van der Waals surface area (Å²) in [7, 11) is 0. The number of nitrogens with one attached hydrogen (secondary N) is 1. The number of rotatable bonds is 8. The van der Waals surface area contributed by atoms with E-state index in [-0.39, 0.29) is 17.9 Å². The minimum atomic E-state index is -0.0155. The number of unbranched alkanes of at least 4 members (excludes halogenated alkanes) is 1. The van der Waals surface area contributed by atoms with Crippen LogP contribution in [0.3, 0.4) is 0 Å². The summed E-state index contributed by atoms with van der Waals surface area (Å²) in [5.74, 6) is 1.40. The van der Waals surface area contributed by atoms with Gasteiger partial charge in [0.15, 0.2) is 0 Å². The van der Waals surface area contributed by atoms with Crippen molar-refractivity contribution in [2.45, 2.75) is 58.9 Å². The van der Waals surface area contributed by atoms with E-state index in [9.17, 15) is 9.59 Å². The van der Waals surface area contributed by atoms with Crippen molar-refractivity contribution in [3.05, 3.63) is 23.2 Å². The third kappa shape index (κ3) is 4.36. The monoisotopic (exact) mass is 306 g/mol. The molecule has 0 bridgehead atoms. The van der Waals surface area contributed by atoms with Crippen molar-refractivity contribution < 1.29 is 14.0 Å². The van der Waals surface area contributed by atoms with E-state index in [1.54, 1.807) is 6.07 Å². The van der Waals surface area contributed by atoms with Crippen LogP contribution < -0.4 is 5.32 Å². The maximum absolute atomic E-state index is 12.7. The lowest BCUT2D eigenvalue weighted by atomic mass is 10.2. The zero-order chi connectivity index (χ0) is 16.1. The molecule has 2 rings (SSSR count). The number of amides is 2. The van der Waals surface area contributed by atoms with Gasteiger partial charge < -0.3 is 14.6 Å². The molecule has 1 saturated carbocycles. The van der Waals surface area contributed by atoms with Gasteiger partial charge in [-0.05, 0) is 39.2 Å². The lowest BCUT2D eigenvalue weighted by Crippen LogP contribution is -2.37. The van der Waals surface area contributed by atoms with Gasteiger partial charge in [0.05, 0.1) is 5.56 Å². The molecular formula is C17H26N2O3. The second-order valence-corrected chi connectivity index (χ2v) is 6.01. The average Bonchev–Trinajstić information content (AvgIpc) is 3.24. The molecule has 0 aliphatic heterocycles. The zero-order valence-corrected chi connectivity index (χ0v) is 13.8. The van der Waals surface area contributed by atoms with Gasteiger partial charge in [0.2, 0.25) is 5.91 Å². The van der Waals surface area contributed by atoms with E-state index >= 15 is 0 Å². The van der Waals surface area contributed by atoms with Crippen LogP contribution in [0.25, 0.3) is 0 Å². The van der Waals surface area contributed by atoms with Crippen LogP contribution in [0.5, 0.6) is 0 Å². The summed E-state index contributed by atoms with van der Waals surface area (Å²) in [6.45, 7) is 6.93. The smallest absolute Gasteiger partial charge is 0.257 e. The van der Waals surface area contributed by atoms with Crippen molar-refractivity contribution >= 4 is 11.8 Å². The Morgan fingerprint density at radius 1 is 1.36 bits per heavy atom. The van der Waals surface area contributed by atoms with Crippen LogP contribution in [0, 0.1) is 13.8 Å². The average molecular weight is 306 g/mol. The second-order valence-electron chi connectivity index (χ2n) is 6.01. The standard InChI is InChI=1S/C17H26N2O3/c1-4-5-9-18-16(20)8-10-19(14-6-7-14)17(21)15-11-12(2)22-13(15)3/h11,14H,4-10H2,1-3H3,(H,18,20). The Labute approximate surface area is 132 Å². The lowest BCUT2D eigenvalue weighted by Gasteiger charge is -2.22. The Bertz CT molecular complexity index is 532. The van der Waals surface area contributed by atoms with Gasteiger partial charge in [0, 0.05) is 25.6 Å². The number of furan rings is 1. The third-order valence-corrected chi connectivity index (χ3v) is 3.95. The molecule has 1 aromatic rings. The Balaban J connectivity index is 1.91. The summed E-state index contributed by atoms with van der Waals surface area (Å²) in [6, 6.07) is 2.07. The topological polar surface area (TPSA) is 62.6 Å². The Morgan fingerprint density at radius 3 is 2.64 bits per heavy atom. The maximum atomic E-state index is 12.7. The molecule has 0 aromatic carbocycles. The maximum Gasteiger partial charge on any atom is 0.257 e. The van der Waals surface area contributed by atoms with E-state index < -0.39 is 0 Å². The molecule has 1 aliphatic carbocycles. The highest BCUT2D eigenvalue weighted by atomic mass is 16.3. The van der Waals surface area contributed by atoms with Gasteiger partial charge in [-0.15, -0.1) is 0 Å². The molecule has 0 radical (unpaired) electrons. The van der Waals surface area contributed by atoms with Crippen molar-refractivity contribution in [1.82, 2.24) is 10.2 Å². The molecule has 0 saturated heterocycles. The van der Waals surface area contributed by atoms with Gasteiger partial charge in [-0.1, -0.05) is 13.3 Å². The highest BCUT2D eigenvalue weighted by Crippen LogP contribution is 2.29. The summed E-state index contributed by atoms with van der Waals surface area (Å²) < 4.78 is 5.45. The van der Waals surface area contributed by atoms with Gasteiger partial charge in [-0.3, -0.25) is 9.59 Å². The van der Waals surface area contributed by atoms with E-state index in [4.69, 9.17) is 4.42 Å². The number of carbonyl (C=O) groups is 2. The molecule has 2 amide bonds. The van der Waals surface area contributed by atoms with Crippen molar-refractivity contribution in [3.63, 3.8) is 0 Å². The van der Waals surface area contributed by atoms with E-state index in [0.717, 1.165) is 31.4 Å². The molecule has 22 heavy (non-hydrogen) atoms. The normalized spacial score (nSPS) is 14.0. The first-order valence-corrected chi connectivity index (χ1v) is 8.17. The molecule has 1 fully saturated rings. The first-order valence-electron chi connectivity index (χ1n) is 8.17. The largest absolute Gasteiger partial charge is 0.466 e. The fraction of sp³-hybridized carbons (Fsp3) is 0.647. The number of hydrogen-bond donors (Lipinski definition) is 1. The predicted molar refractivity (Wildman–Crippen MR) is 84.8 cm³/mol. The molecule has 0 atom stereocenters. The highest BCUT2D eigenvalue weighted by molar-refractivity contribution is 5.96. The molecule has 1 aromatic heterocycles. The zero-order valence-electron chi connectivity index (χ0n) is 13.8. The predicted octanol–water partition coefficient (Wildman–Crippen LogP) is 2.81. The number of hydrogen-bond acceptors (Lipinski definition) is 3. The van der Waals surface area contributed by atoms with Crippen molar-refractivity contribution in [3.8, 4) is 0 Å². The summed E-state index contributed by atoms with van der Waals surface area (Å²) >= 11 is 0. The third-order valence-electron chi connectivity index (χ3n) is 3.95. The summed E-state index contributed by atoms with van der Waals surface area (Å²) in [6.07, 6.45) is 4.47. The van der Waals surface area contributed by atoms with Crippen molar-refractivity contribution in [1.29, 1.82) is 0 Å². The van der Waals surface area contributed by atoms with Gasteiger partial charge in [-0.2, -0.15) is 0 Å².